The lowest BCUT2D eigenvalue weighted by atomic mass is 10.00. The van der Waals surface area contributed by atoms with E-state index in [0.29, 0.717) is 24.8 Å². The molecule has 0 bridgehead atoms. The molecule has 0 fully saturated rings. The van der Waals surface area contributed by atoms with Crippen LogP contribution in [0, 0.1) is 11.7 Å². The Morgan fingerprint density at radius 1 is 1.14 bits per heavy atom. The second-order valence-electron chi connectivity index (χ2n) is 9.37. The van der Waals surface area contributed by atoms with Gasteiger partial charge in [-0.25, -0.2) is 4.39 Å². The molecule has 1 aliphatic rings. The van der Waals surface area contributed by atoms with Gasteiger partial charge in [0.1, 0.15) is 18.2 Å². The Balaban J connectivity index is 1.50. The summed E-state index contributed by atoms with van der Waals surface area (Å²) in [5.41, 5.74) is 2.03. The third kappa shape index (κ3) is 6.52. The van der Waals surface area contributed by atoms with Gasteiger partial charge in [-0.05, 0) is 59.2 Å². The van der Waals surface area contributed by atoms with E-state index in [2.05, 4.69) is 19.9 Å². The van der Waals surface area contributed by atoms with Gasteiger partial charge in [-0.1, -0.05) is 50.6 Å². The molecule has 0 radical (unpaired) electrons. The summed E-state index contributed by atoms with van der Waals surface area (Å²) >= 11 is 1.69. The zero-order chi connectivity index (χ0) is 25.5. The average molecular weight is 509 g/mol. The number of thiophene rings is 1. The van der Waals surface area contributed by atoms with E-state index in [9.17, 15) is 14.0 Å². The smallest absolute Gasteiger partial charge is 0.242 e. The Labute approximate surface area is 216 Å². The van der Waals surface area contributed by atoms with Gasteiger partial charge in [0, 0.05) is 18.0 Å². The van der Waals surface area contributed by atoms with E-state index in [1.165, 1.54) is 17.0 Å². The largest absolute Gasteiger partial charge is 0.491 e. The van der Waals surface area contributed by atoms with Gasteiger partial charge in [0.05, 0.1) is 19.0 Å². The highest BCUT2D eigenvalue weighted by atomic mass is 32.1. The Kier molecular flexibility index (Phi) is 8.75. The number of hydrogen-bond donors (Lipinski definition) is 0. The summed E-state index contributed by atoms with van der Waals surface area (Å²) in [7, 11) is 0. The molecule has 2 heterocycles. The predicted molar refractivity (Wildman–Crippen MR) is 141 cm³/mol. The highest BCUT2D eigenvalue weighted by molar-refractivity contribution is 7.10. The maximum Gasteiger partial charge on any atom is 0.242 e. The fourth-order valence-corrected chi connectivity index (χ4v) is 5.41. The Morgan fingerprint density at radius 3 is 2.61 bits per heavy atom. The normalized spacial score (nSPS) is 15.8. The number of benzene rings is 2. The number of carbonyl (C=O) groups excluding carboxylic acids is 2. The summed E-state index contributed by atoms with van der Waals surface area (Å²) in [5.74, 6) is 0.410. The lowest BCUT2D eigenvalue weighted by molar-refractivity contribution is -0.143. The Bertz CT molecular complexity index is 1150. The molecule has 0 aliphatic carbocycles. The molecule has 1 aliphatic heterocycles. The molecule has 3 aromatic rings. The van der Waals surface area contributed by atoms with Crippen molar-refractivity contribution in [3.63, 3.8) is 0 Å². The standard InChI is InChI=1S/C29H33FN2O3S/c1-3-21(2)18-31(28(33)17-22-7-5-4-6-8-22)19-29(34)32-15-13-27-25(14-16-36-27)26(32)20-35-24-11-9-23(30)10-12-24/h4-12,14,16,21,26H,3,13,15,17-20H2,1-2H3/t21-,26+/m1/s1. The van der Waals surface area contributed by atoms with Crippen LogP contribution in [0.4, 0.5) is 4.39 Å². The molecule has 2 aromatic carbocycles. The van der Waals surface area contributed by atoms with Crippen LogP contribution in [0.1, 0.15) is 42.3 Å². The number of amides is 2. The van der Waals surface area contributed by atoms with E-state index in [4.69, 9.17) is 4.74 Å². The molecule has 190 valence electrons. The molecule has 0 saturated heterocycles. The molecular weight excluding hydrogens is 475 g/mol. The number of hydrogen-bond acceptors (Lipinski definition) is 4. The SMILES string of the molecule is CC[C@@H](C)CN(CC(=O)N1CCc2sccc2[C@@H]1COc1ccc(F)cc1)C(=O)Cc1ccccc1. The number of nitrogens with zero attached hydrogens (tertiary/aromatic N) is 2. The third-order valence-electron chi connectivity index (χ3n) is 6.74. The van der Waals surface area contributed by atoms with Gasteiger partial charge in [0.2, 0.25) is 11.8 Å². The van der Waals surface area contributed by atoms with Crippen molar-refractivity contribution in [3.05, 3.63) is 87.9 Å². The van der Waals surface area contributed by atoms with Crippen molar-refractivity contribution < 1.29 is 18.7 Å². The molecule has 0 spiro atoms. The van der Waals surface area contributed by atoms with Crippen molar-refractivity contribution >= 4 is 23.2 Å². The van der Waals surface area contributed by atoms with E-state index in [1.54, 1.807) is 28.4 Å². The number of ether oxygens (including phenoxy) is 1. The van der Waals surface area contributed by atoms with Gasteiger partial charge in [-0.2, -0.15) is 0 Å². The first-order chi connectivity index (χ1) is 17.4. The van der Waals surface area contributed by atoms with Gasteiger partial charge in [-0.3, -0.25) is 9.59 Å². The van der Waals surface area contributed by atoms with Crippen molar-refractivity contribution in [3.8, 4) is 5.75 Å². The van der Waals surface area contributed by atoms with Crippen LogP contribution in [0.3, 0.4) is 0 Å². The minimum Gasteiger partial charge on any atom is -0.491 e. The van der Waals surface area contributed by atoms with Crippen molar-refractivity contribution in [2.24, 2.45) is 5.92 Å². The van der Waals surface area contributed by atoms with Crippen LogP contribution < -0.4 is 4.74 Å². The molecule has 0 N–H and O–H groups in total. The van der Waals surface area contributed by atoms with E-state index in [-0.39, 0.29) is 43.2 Å². The van der Waals surface area contributed by atoms with E-state index < -0.39 is 0 Å². The highest BCUT2D eigenvalue weighted by Gasteiger charge is 2.33. The molecule has 7 heteroatoms. The van der Waals surface area contributed by atoms with Gasteiger partial charge >= 0.3 is 0 Å². The number of carbonyl (C=O) groups is 2. The van der Waals surface area contributed by atoms with Crippen LogP contribution in [-0.2, 0) is 22.4 Å². The van der Waals surface area contributed by atoms with Crippen LogP contribution >= 0.6 is 11.3 Å². The first-order valence-electron chi connectivity index (χ1n) is 12.5. The van der Waals surface area contributed by atoms with Gasteiger partial charge in [-0.15, -0.1) is 11.3 Å². The molecule has 0 unspecified atom stereocenters. The lowest BCUT2D eigenvalue weighted by Gasteiger charge is -2.37. The maximum atomic E-state index is 13.7. The molecule has 2 amide bonds. The fourth-order valence-electron chi connectivity index (χ4n) is 4.48. The molecule has 36 heavy (non-hydrogen) atoms. The molecule has 4 rings (SSSR count). The number of fused-ring (bicyclic) bond motifs is 1. The van der Waals surface area contributed by atoms with Gasteiger partial charge in [0.25, 0.3) is 0 Å². The molecule has 5 nitrogen and oxygen atoms in total. The van der Waals surface area contributed by atoms with Gasteiger partial charge in [0.15, 0.2) is 0 Å². The van der Waals surface area contributed by atoms with Crippen molar-refractivity contribution in [1.82, 2.24) is 9.80 Å². The Morgan fingerprint density at radius 2 is 1.89 bits per heavy atom. The number of halogens is 1. The fraction of sp³-hybridized carbons (Fsp3) is 0.379. The Hall–Kier alpha value is -3.19. The van der Waals surface area contributed by atoms with E-state index >= 15 is 0 Å². The van der Waals surface area contributed by atoms with Crippen LogP contribution in [0.15, 0.2) is 66.0 Å². The van der Waals surface area contributed by atoms with E-state index in [0.717, 1.165) is 24.0 Å². The quantitative estimate of drug-likeness (QED) is 0.363. The lowest BCUT2D eigenvalue weighted by Crippen LogP contribution is -2.48. The monoisotopic (exact) mass is 508 g/mol. The maximum absolute atomic E-state index is 13.7. The van der Waals surface area contributed by atoms with Gasteiger partial charge < -0.3 is 14.5 Å². The summed E-state index contributed by atoms with van der Waals surface area (Å²) in [5, 5.41) is 2.04. The van der Waals surface area contributed by atoms with Crippen molar-refractivity contribution in [2.75, 3.05) is 26.2 Å². The summed E-state index contributed by atoms with van der Waals surface area (Å²) < 4.78 is 19.3. The first kappa shape index (κ1) is 25.9. The molecular formula is C29H33FN2O3S. The van der Waals surface area contributed by atoms with Crippen LogP contribution in [-0.4, -0.2) is 47.9 Å². The third-order valence-corrected chi connectivity index (χ3v) is 7.74. The van der Waals surface area contributed by atoms with Crippen molar-refractivity contribution in [1.29, 1.82) is 0 Å². The van der Waals surface area contributed by atoms with Crippen LogP contribution in [0.2, 0.25) is 0 Å². The summed E-state index contributed by atoms with van der Waals surface area (Å²) in [6.07, 6.45) is 1.99. The second-order valence-corrected chi connectivity index (χ2v) is 10.4. The molecule has 1 aromatic heterocycles. The first-order valence-corrected chi connectivity index (χ1v) is 13.4. The zero-order valence-corrected chi connectivity index (χ0v) is 21.7. The minimum absolute atomic E-state index is 0.0396. The highest BCUT2D eigenvalue weighted by Crippen LogP contribution is 2.34. The van der Waals surface area contributed by atoms with Crippen LogP contribution in [0.25, 0.3) is 0 Å². The zero-order valence-electron chi connectivity index (χ0n) is 20.9. The minimum atomic E-state index is -0.321. The van der Waals surface area contributed by atoms with Crippen molar-refractivity contribution in [2.45, 2.75) is 39.2 Å². The molecule has 2 atom stereocenters. The summed E-state index contributed by atoms with van der Waals surface area (Å²) in [6.45, 7) is 5.63. The summed E-state index contributed by atoms with van der Waals surface area (Å²) in [6, 6.07) is 17.3. The number of rotatable bonds is 10. The predicted octanol–water partition coefficient (Wildman–Crippen LogP) is 5.51. The topological polar surface area (TPSA) is 49.9 Å². The van der Waals surface area contributed by atoms with Crippen LogP contribution in [0.5, 0.6) is 5.75 Å². The average Bonchev–Trinajstić information content (AvgIpc) is 3.37. The van der Waals surface area contributed by atoms with E-state index in [1.807, 2.05) is 40.6 Å². The molecule has 0 saturated carbocycles. The second kappa shape index (κ2) is 12.2. The summed E-state index contributed by atoms with van der Waals surface area (Å²) in [4.78, 5) is 31.7.